The number of methoxy groups -OCH3 is 3. The summed E-state index contributed by atoms with van der Waals surface area (Å²) in [6, 6.07) is 15.3. The van der Waals surface area contributed by atoms with Crippen LogP contribution in [-0.4, -0.2) is 26.3 Å². The van der Waals surface area contributed by atoms with Crippen molar-refractivity contribution in [3.8, 4) is 45.6 Å². The molecule has 3 aromatic rings. The molecule has 0 saturated carbocycles. The molecule has 2 aromatic carbocycles. The lowest BCUT2D eigenvalue weighted by Crippen LogP contribution is -2.03. The third-order valence-electron chi connectivity index (χ3n) is 4.54. The highest BCUT2D eigenvalue weighted by atomic mass is 16.5. The second-order valence-corrected chi connectivity index (χ2v) is 6.15. The summed E-state index contributed by atoms with van der Waals surface area (Å²) >= 11 is 0. The first-order valence-electron chi connectivity index (χ1n) is 8.60. The molecule has 3 rings (SSSR count). The Morgan fingerprint density at radius 3 is 1.89 bits per heavy atom. The number of nitrogen functional groups attached to an aromatic ring is 1. The van der Waals surface area contributed by atoms with E-state index in [4.69, 9.17) is 19.9 Å². The van der Waals surface area contributed by atoms with Crippen LogP contribution in [-0.2, 0) is 0 Å². The number of anilines is 1. The van der Waals surface area contributed by atoms with Crippen molar-refractivity contribution in [3.05, 3.63) is 53.7 Å². The van der Waals surface area contributed by atoms with E-state index < -0.39 is 0 Å². The van der Waals surface area contributed by atoms with Crippen molar-refractivity contribution in [2.24, 2.45) is 0 Å². The second-order valence-electron chi connectivity index (χ2n) is 6.15. The Morgan fingerprint density at radius 1 is 0.821 bits per heavy atom. The van der Waals surface area contributed by atoms with E-state index in [1.807, 2.05) is 43.3 Å². The quantitative estimate of drug-likeness (QED) is 0.719. The van der Waals surface area contributed by atoms with Crippen molar-refractivity contribution < 1.29 is 14.2 Å². The lowest BCUT2D eigenvalue weighted by Gasteiger charge is -2.18. The largest absolute Gasteiger partial charge is 0.497 e. The standard InChI is InChI=1S/C22H21N3O3/c1-13-20(14-5-7-16(26-2)8-6-14)21(19(12-23)22(24)25-13)15-9-17(27-3)11-18(10-15)28-4/h5-11H,1-4H3,(H2,24,25). The van der Waals surface area contributed by atoms with Crippen molar-refractivity contribution in [2.45, 2.75) is 6.92 Å². The van der Waals surface area contributed by atoms with E-state index >= 15 is 0 Å². The highest BCUT2D eigenvalue weighted by Crippen LogP contribution is 2.41. The number of hydrogen-bond donors (Lipinski definition) is 1. The number of pyridine rings is 1. The molecule has 0 fully saturated rings. The van der Waals surface area contributed by atoms with E-state index in [-0.39, 0.29) is 5.82 Å². The van der Waals surface area contributed by atoms with Gasteiger partial charge in [-0.25, -0.2) is 4.98 Å². The van der Waals surface area contributed by atoms with Gasteiger partial charge in [0.25, 0.3) is 0 Å². The fourth-order valence-corrected chi connectivity index (χ4v) is 3.19. The molecule has 6 nitrogen and oxygen atoms in total. The summed E-state index contributed by atoms with van der Waals surface area (Å²) in [6.07, 6.45) is 0. The Labute approximate surface area is 164 Å². The van der Waals surface area contributed by atoms with Gasteiger partial charge in [0.15, 0.2) is 0 Å². The maximum absolute atomic E-state index is 9.81. The minimum Gasteiger partial charge on any atom is -0.497 e. The first kappa shape index (κ1) is 19.1. The third kappa shape index (κ3) is 3.42. The van der Waals surface area contributed by atoms with Gasteiger partial charge < -0.3 is 19.9 Å². The molecule has 2 N–H and O–H groups in total. The molecule has 142 valence electrons. The molecule has 0 aliphatic heterocycles. The summed E-state index contributed by atoms with van der Waals surface area (Å²) < 4.78 is 16.1. The van der Waals surface area contributed by atoms with Gasteiger partial charge >= 0.3 is 0 Å². The van der Waals surface area contributed by atoms with Crippen LogP contribution < -0.4 is 19.9 Å². The molecule has 0 atom stereocenters. The van der Waals surface area contributed by atoms with Gasteiger partial charge in [-0.1, -0.05) is 12.1 Å². The Kier molecular flexibility index (Phi) is 5.37. The molecule has 1 heterocycles. The summed E-state index contributed by atoms with van der Waals surface area (Å²) in [6.45, 7) is 1.87. The predicted octanol–water partition coefficient (Wildman–Crippen LogP) is 4.20. The summed E-state index contributed by atoms with van der Waals surface area (Å²) in [7, 11) is 4.79. The first-order valence-corrected chi connectivity index (χ1v) is 8.60. The van der Waals surface area contributed by atoms with Crippen LogP contribution in [0, 0.1) is 18.3 Å². The zero-order chi connectivity index (χ0) is 20.3. The maximum atomic E-state index is 9.81. The molecule has 0 spiro atoms. The second kappa shape index (κ2) is 7.89. The third-order valence-corrected chi connectivity index (χ3v) is 4.54. The Bertz CT molecular complexity index is 1030. The van der Waals surface area contributed by atoms with Crippen LogP contribution in [0.4, 0.5) is 5.82 Å². The van der Waals surface area contributed by atoms with Crippen molar-refractivity contribution in [1.82, 2.24) is 4.98 Å². The molecule has 0 amide bonds. The zero-order valence-electron chi connectivity index (χ0n) is 16.2. The Hall–Kier alpha value is -3.72. The molecular weight excluding hydrogens is 354 g/mol. The molecular formula is C22H21N3O3. The van der Waals surface area contributed by atoms with E-state index in [9.17, 15) is 5.26 Å². The topological polar surface area (TPSA) is 90.4 Å². The average molecular weight is 375 g/mol. The lowest BCUT2D eigenvalue weighted by atomic mass is 9.90. The van der Waals surface area contributed by atoms with E-state index in [1.54, 1.807) is 27.4 Å². The summed E-state index contributed by atoms with van der Waals surface area (Å²) in [5.74, 6) is 2.17. The fourth-order valence-electron chi connectivity index (χ4n) is 3.19. The first-order chi connectivity index (χ1) is 13.5. The maximum Gasteiger partial charge on any atom is 0.142 e. The summed E-state index contributed by atoms with van der Waals surface area (Å²) in [5.41, 5.74) is 10.3. The van der Waals surface area contributed by atoms with Crippen molar-refractivity contribution >= 4 is 5.82 Å². The number of aromatic nitrogens is 1. The van der Waals surface area contributed by atoms with Gasteiger partial charge in [-0.3, -0.25) is 0 Å². The average Bonchev–Trinajstić information content (AvgIpc) is 2.73. The number of nitriles is 1. The van der Waals surface area contributed by atoms with E-state index in [0.29, 0.717) is 22.6 Å². The van der Waals surface area contributed by atoms with Gasteiger partial charge in [-0.05, 0) is 42.3 Å². The number of benzene rings is 2. The van der Waals surface area contributed by atoms with Crippen LogP contribution in [0.2, 0.25) is 0 Å². The number of aryl methyl sites for hydroxylation is 1. The highest BCUT2D eigenvalue weighted by molar-refractivity contribution is 5.91. The molecule has 0 bridgehead atoms. The molecule has 0 aliphatic carbocycles. The molecule has 0 aliphatic rings. The predicted molar refractivity (Wildman–Crippen MR) is 109 cm³/mol. The van der Waals surface area contributed by atoms with E-state index in [1.165, 1.54) is 0 Å². The molecule has 28 heavy (non-hydrogen) atoms. The number of nitrogens with two attached hydrogens (primary N) is 1. The van der Waals surface area contributed by atoms with Crippen molar-refractivity contribution in [1.29, 1.82) is 5.26 Å². The van der Waals surface area contributed by atoms with Crippen molar-refractivity contribution in [2.75, 3.05) is 27.1 Å². The number of rotatable bonds is 5. The van der Waals surface area contributed by atoms with Crippen LogP contribution in [0.15, 0.2) is 42.5 Å². The smallest absolute Gasteiger partial charge is 0.142 e. The number of hydrogen-bond acceptors (Lipinski definition) is 6. The van der Waals surface area contributed by atoms with Crippen LogP contribution in [0.1, 0.15) is 11.3 Å². The lowest BCUT2D eigenvalue weighted by molar-refractivity contribution is 0.394. The normalized spacial score (nSPS) is 10.2. The summed E-state index contributed by atoms with van der Waals surface area (Å²) in [5, 5.41) is 9.81. The molecule has 0 saturated heterocycles. The van der Waals surface area contributed by atoms with Crippen LogP contribution in [0.25, 0.3) is 22.3 Å². The fraction of sp³-hybridized carbons (Fsp3) is 0.182. The van der Waals surface area contributed by atoms with Gasteiger partial charge in [0.1, 0.15) is 34.7 Å². The Morgan fingerprint density at radius 2 is 1.39 bits per heavy atom. The SMILES string of the molecule is COc1ccc(-c2c(C)nc(N)c(C#N)c2-c2cc(OC)cc(OC)c2)cc1. The van der Waals surface area contributed by atoms with Gasteiger partial charge in [-0.2, -0.15) is 5.26 Å². The molecule has 0 radical (unpaired) electrons. The molecule has 1 aromatic heterocycles. The number of nitrogens with zero attached hydrogens (tertiary/aromatic N) is 2. The zero-order valence-corrected chi connectivity index (χ0v) is 16.2. The van der Waals surface area contributed by atoms with Gasteiger partial charge in [0.2, 0.25) is 0 Å². The van der Waals surface area contributed by atoms with E-state index in [0.717, 1.165) is 28.1 Å². The van der Waals surface area contributed by atoms with Crippen LogP contribution >= 0.6 is 0 Å². The molecule has 0 unspecified atom stereocenters. The van der Waals surface area contributed by atoms with Crippen LogP contribution in [0.3, 0.4) is 0 Å². The minimum absolute atomic E-state index is 0.189. The van der Waals surface area contributed by atoms with Gasteiger partial charge in [0.05, 0.1) is 21.3 Å². The monoisotopic (exact) mass is 375 g/mol. The van der Waals surface area contributed by atoms with Gasteiger partial charge in [-0.15, -0.1) is 0 Å². The molecule has 6 heteroatoms. The summed E-state index contributed by atoms with van der Waals surface area (Å²) in [4.78, 5) is 4.40. The highest BCUT2D eigenvalue weighted by Gasteiger charge is 2.20. The van der Waals surface area contributed by atoms with Crippen LogP contribution in [0.5, 0.6) is 17.2 Å². The van der Waals surface area contributed by atoms with E-state index in [2.05, 4.69) is 11.1 Å². The van der Waals surface area contributed by atoms with Gasteiger partial charge in [0, 0.05) is 22.9 Å². The minimum atomic E-state index is 0.189. The number of ether oxygens (including phenoxy) is 3. The van der Waals surface area contributed by atoms with Crippen molar-refractivity contribution in [3.63, 3.8) is 0 Å². The Balaban J connectivity index is 2.37.